The molecule has 0 amide bonds. The molecular weight excluding hydrogens is 446 g/mol. The molecule has 0 aliphatic heterocycles. The third-order valence-corrected chi connectivity index (χ3v) is 6.58. The van der Waals surface area contributed by atoms with E-state index in [9.17, 15) is 0 Å². The third-order valence-electron chi connectivity index (χ3n) is 6.27. The Bertz CT molecular complexity index is 1330. The summed E-state index contributed by atoms with van der Waals surface area (Å²) in [6.07, 6.45) is 6.45. The Morgan fingerprint density at radius 1 is 1.12 bits per heavy atom. The molecule has 5 rings (SSSR count). The van der Waals surface area contributed by atoms with Crippen LogP contribution in [-0.4, -0.2) is 53.7 Å². The van der Waals surface area contributed by atoms with Gasteiger partial charge in [0, 0.05) is 55.0 Å². The summed E-state index contributed by atoms with van der Waals surface area (Å²) in [4.78, 5) is 13.5. The first-order valence-corrected chi connectivity index (χ1v) is 11.9. The van der Waals surface area contributed by atoms with Gasteiger partial charge in [-0.1, -0.05) is 29.8 Å². The highest BCUT2D eigenvalue weighted by atomic mass is 35.5. The Kier molecular flexibility index (Phi) is 6.06. The summed E-state index contributed by atoms with van der Waals surface area (Å²) in [5.41, 5.74) is 11.8. The maximum absolute atomic E-state index is 6.62. The number of fused-ring (bicyclic) bond motifs is 1. The van der Waals surface area contributed by atoms with Crippen LogP contribution in [0, 0.1) is 0 Å². The molecular formula is C26H30ClN7. The van der Waals surface area contributed by atoms with Crippen LogP contribution in [-0.2, 0) is 0 Å². The van der Waals surface area contributed by atoms with Gasteiger partial charge >= 0.3 is 0 Å². The van der Waals surface area contributed by atoms with Gasteiger partial charge in [-0.15, -0.1) is 0 Å². The summed E-state index contributed by atoms with van der Waals surface area (Å²) < 4.78 is 2.38. The van der Waals surface area contributed by atoms with Crippen LogP contribution in [0.5, 0.6) is 0 Å². The molecule has 0 radical (unpaired) electrons. The zero-order valence-corrected chi connectivity index (χ0v) is 20.5. The van der Waals surface area contributed by atoms with E-state index in [1.54, 1.807) is 6.20 Å². The Balaban J connectivity index is 1.42. The SMILES string of the molecule is CN(C)CCN(C)c1cc(Cl)c(Nc2nccc(-c3cn(C4CC4)c4ccccc34)n2)cc1N. The van der Waals surface area contributed by atoms with Gasteiger partial charge in [0.25, 0.3) is 0 Å². The molecule has 1 aliphatic rings. The molecule has 2 aromatic heterocycles. The minimum Gasteiger partial charge on any atom is -0.397 e. The van der Waals surface area contributed by atoms with Crippen molar-refractivity contribution in [3.63, 3.8) is 0 Å². The number of nitrogens with one attached hydrogen (secondary N) is 1. The van der Waals surface area contributed by atoms with E-state index in [4.69, 9.17) is 22.3 Å². The lowest BCUT2D eigenvalue weighted by molar-refractivity contribution is 0.416. The fourth-order valence-corrected chi connectivity index (χ4v) is 4.43. The van der Waals surface area contributed by atoms with Crippen LogP contribution in [0.3, 0.4) is 0 Å². The molecule has 7 nitrogen and oxygen atoms in total. The largest absolute Gasteiger partial charge is 0.397 e. The molecule has 8 heteroatoms. The van der Waals surface area contributed by atoms with Crippen molar-refractivity contribution in [3.8, 4) is 11.3 Å². The maximum Gasteiger partial charge on any atom is 0.227 e. The number of hydrogen-bond acceptors (Lipinski definition) is 6. The monoisotopic (exact) mass is 475 g/mol. The van der Waals surface area contributed by atoms with Crippen LogP contribution in [0.1, 0.15) is 18.9 Å². The number of halogens is 1. The Morgan fingerprint density at radius 2 is 1.91 bits per heavy atom. The molecule has 2 aromatic carbocycles. The molecule has 0 unspecified atom stereocenters. The number of anilines is 4. The minimum absolute atomic E-state index is 0.482. The second-order valence-corrected chi connectivity index (χ2v) is 9.61. The van der Waals surface area contributed by atoms with Gasteiger partial charge in [0.15, 0.2) is 0 Å². The van der Waals surface area contributed by atoms with E-state index >= 15 is 0 Å². The first-order valence-electron chi connectivity index (χ1n) is 11.6. The van der Waals surface area contributed by atoms with Gasteiger partial charge in [0.1, 0.15) is 0 Å². The zero-order valence-electron chi connectivity index (χ0n) is 19.8. The van der Waals surface area contributed by atoms with E-state index in [1.165, 1.54) is 23.7 Å². The van der Waals surface area contributed by atoms with Crippen LogP contribution in [0.15, 0.2) is 54.9 Å². The molecule has 0 spiro atoms. The van der Waals surface area contributed by atoms with Crippen molar-refractivity contribution in [2.24, 2.45) is 0 Å². The highest BCUT2D eigenvalue weighted by molar-refractivity contribution is 6.33. The minimum atomic E-state index is 0.482. The van der Waals surface area contributed by atoms with Crippen molar-refractivity contribution in [1.82, 2.24) is 19.4 Å². The predicted molar refractivity (Wildman–Crippen MR) is 142 cm³/mol. The van der Waals surface area contributed by atoms with E-state index in [-0.39, 0.29) is 0 Å². The number of aromatic nitrogens is 3. The lowest BCUT2D eigenvalue weighted by atomic mass is 10.1. The van der Waals surface area contributed by atoms with Crippen LogP contribution >= 0.6 is 11.6 Å². The number of nitrogens with two attached hydrogens (primary N) is 1. The van der Waals surface area contributed by atoms with Gasteiger partial charge in [-0.25, -0.2) is 9.97 Å². The van der Waals surface area contributed by atoms with Crippen molar-refractivity contribution in [1.29, 1.82) is 0 Å². The zero-order chi connectivity index (χ0) is 23.8. The van der Waals surface area contributed by atoms with E-state index in [1.807, 2.05) is 25.2 Å². The number of likely N-dealkylation sites (N-methyl/N-ethyl adjacent to an activating group) is 2. The molecule has 2 heterocycles. The van der Waals surface area contributed by atoms with Crippen LogP contribution < -0.4 is 16.0 Å². The number of nitrogen functional groups attached to an aromatic ring is 1. The number of hydrogen-bond donors (Lipinski definition) is 2. The second-order valence-electron chi connectivity index (χ2n) is 9.20. The van der Waals surface area contributed by atoms with Gasteiger partial charge in [-0.05, 0) is 51.2 Å². The first-order chi connectivity index (χ1) is 16.4. The van der Waals surface area contributed by atoms with Gasteiger partial charge in [0.2, 0.25) is 5.95 Å². The van der Waals surface area contributed by atoms with Crippen LogP contribution in [0.25, 0.3) is 22.2 Å². The molecule has 176 valence electrons. The van der Waals surface area contributed by atoms with E-state index in [0.29, 0.717) is 28.4 Å². The highest BCUT2D eigenvalue weighted by Crippen LogP contribution is 2.41. The molecule has 1 aliphatic carbocycles. The number of rotatable bonds is 8. The smallest absolute Gasteiger partial charge is 0.227 e. The topological polar surface area (TPSA) is 75.2 Å². The standard InChI is InChI=1S/C26H30ClN7/c1-32(2)12-13-33(3)25-14-20(27)23(15-21(25)28)31-26-29-11-10-22(30-26)19-16-34(17-8-9-17)24-7-5-4-6-18(19)24/h4-7,10-11,14-17H,8-9,12-13,28H2,1-3H3,(H,29,30,31). The lowest BCUT2D eigenvalue weighted by Gasteiger charge is -2.24. The summed E-state index contributed by atoms with van der Waals surface area (Å²) in [6, 6.07) is 14.8. The van der Waals surface area contributed by atoms with Crippen LogP contribution in [0.4, 0.5) is 23.0 Å². The van der Waals surface area contributed by atoms with E-state index in [0.717, 1.165) is 30.0 Å². The summed E-state index contributed by atoms with van der Waals surface area (Å²) in [7, 11) is 6.12. The normalized spacial score (nSPS) is 13.6. The number of benzene rings is 2. The summed E-state index contributed by atoms with van der Waals surface area (Å²) in [5, 5.41) is 5.03. The third kappa shape index (κ3) is 4.54. The molecule has 0 bridgehead atoms. The quantitative estimate of drug-likeness (QED) is 0.332. The van der Waals surface area contributed by atoms with E-state index < -0.39 is 0 Å². The predicted octanol–water partition coefficient (Wildman–Crippen LogP) is 5.41. The van der Waals surface area contributed by atoms with Crippen molar-refractivity contribution in [2.45, 2.75) is 18.9 Å². The summed E-state index contributed by atoms with van der Waals surface area (Å²) in [5.74, 6) is 0.482. The van der Waals surface area contributed by atoms with Gasteiger partial charge in [0.05, 0.1) is 27.8 Å². The Hall–Kier alpha value is -3.29. The van der Waals surface area contributed by atoms with Crippen molar-refractivity contribution in [3.05, 3.63) is 59.9 Å². The Labute approximate surface area is 205 Å². The van der Waals surface area contributed by atoms with Crippen molar-refractivity contribution < 1.29 is 0 Å². The molecule has 0 atom stereocenters. The van der Waals surface area contributed by atoms with E-state index in [2.05, 4.69) is 69.2 Å². The second kappa shape index (κ2) is 9.16. The number of para-hydroxylation sites is 1. The summed E-state index contributed by atoms with van der Waals surface area (Å²) in [6.45, 7) is 1.77. The molecule has 34 heavy (non-hydrogen) atoms. The highest BCUT2D eigenvalue weighted by Gasteiger charge is 2.26. The lowest BCUT2D eigenvalue weighted by Crippen LogP contribution is -2.29. The fraction of sp³-hybridized carbons (Fsp3) is 0.308. The fourth-order valence-electron chi connectivity index (χ4n) is 4.23. The molecule has 1 fully saturated rings. The summed E-state index contributed by atoms with van der Waals surface area (Å²) >= 11 is 6.62. The molecule has 3 N–H and O–H groups in total. The Morgan fingerprint density at radius 3 is 2.68 bits per heavy atom. The van der Waals surface area contributed by atoms with Gasteiger partial charge in [-0.2, -0.15) is 0 Å². The first kappa shape index (κ1) is 22.5. The van der Waals surface area contributed by atoms with Gasteiger partial charge in [-0.3, -0.25) is 0 Å². The molecule has 4 aromatic rings. The molecule has 0 saturated heterocycles. The van der Waals surface area contributed by atoms with Crippen molar-refractivity contribution in [2.75, 3.05) is 50.2 Å². The average molecular weight is 476 g/mol. The molecule has 1 saturated carbocycles. The van der Waals surface area contributed by atoms with Gasteiger partial charge < -0.3 is 25.4 Å². The van der Waals surface area contributed by atoms with Crippen molar-refractivity contribution >= 4 is 45.5 Å². The average Bonchev–Trinajstić information content (AvgIpc) is 3.60. The number of nitrogens with zero attached hydrogens (tertiary/aromatic N) is 5. The van der Waals surface area contributed by atoms with Crippen LogP contribution in [0.2, 0.25) is 5.02 Å². The maximum atomic E-state index is 6.62.